The van der Waals surface area contributed by atoms with E-state index in [4.69, 9.17) is 4.74 Å². The van der Waals surface area contributed by atoms with Gasteiger partial charge in [0.1, 0.15) is 11.4 Å². The molecule has 0 unspecified atom stereocenters. The summed E-state index contributed by atoms with van der Waals surface area (Å²) in [5.74, 6) is 0.245. The minimum atomic E-state index is -0.516. The first-order valence-corrected chi connectivity index (χ1v) is 12.2. The van der Waals surface area contributed by atoms with Gasteiger partial charge < -0.3 is 4.74 Å². The quantitative estimate of drug-likeness (QED) is 0.223. The maximum atomic E-state index is 12.7. The summed E-state index contributed by atoms with van der Waals surface area (Å²) < 4.78 is 6.21. The van der Waals surface area contributed by atoms with Gasteiger partial charge in [-0.05, 0) is 35.6 Å². The predicted octanol–water partition coefficient (Wildman–Crippen LogP) is 7.43. The van der Waals surface area contributed by atoms with E-state index in [1.165, 1.54) is 29.0 Å². The molecule has 4 aromatic rings. The first-order chi connectivity index (χ1) is 16.1. The van der Waals surface area contributed by atoms with Crippen molar-refractivity contribution in [2.45, 2.75) is 33.1 Å². The molecular formula is C25H23N3O4S2. The Hall–Kier alpha value is -3.56. The molecule has 2 aromatic heterocycles. The van der Waals surface area contributed by atoms with Gasteiger partial charge in [0, 0.05) is 11.6 Å². The molecule has 174 valence electrons. The molecule has 7 nitrogen and oxygen atoms in total. The molecule has 0 aliphatic heterocycles. The van der Waals surface area contributed by atoms with Crippen LogP contribution in [0.15, 0.2) is 60.7 Å². The van der Waals surface area contributed by atoms with Crippen LogP contribution >= 0.6 is 22.7 Å². The number of aryl methyl sites for hydroxylation is 1. The molecule has 1 amide bonds. The monoisotopic (exact) mass is 493 g/mol. The van der Waals surface area contributed by atoms with Crippen LogP contribution < -0.4 is 10.1 Å². The molecule has 0 bridgehead atoms. The highest BCUT2D eigenvalue weighted by atomic mass is 32.1. The molecule has 34 heavy (non-hydrogen) atoms. The van der Waals surface area contributed by atoms with E-state index in [0.717, 1.165) is 22.5 Å². The molecule has 0 aliphatic rings. The number of thiophene rings is 1. The summed E-state index contributed by atoms with van der Waals surface area (Å²) in [4.78, 5) is 28.0. The number of para-hydroxylation sites is 1. The second-order valence-corrected chi connectivity index (χ2v) is 10.7. The number of anilines is 1. The van der Waals surface area contributed by atoms with Crippen LogP contribution in [0.5, 0.6) is 10.8 Å². The van der Waals surface area contributed by atoms with Crippen LogP contribution in [0, 0.1) is 17.0 Å². The van der Waals surface area contributed by atoms with E-state index in [-0.39, 0.29) is 15.3 Å². The average Bonchev–Trinajstić information content (AvgIpc) is 3.43. The third kappa shape index (κ3) is 5.16. The Bertz CT molecular complexity index is 1350. The lowest BCUT2D eigenvalue weighted by Crippen LogP contribution is -2.10. The molecule has 0 spiro atoms. The number of amides is 1. The number of nitrogens with zero attached hydrogens (tertiary/aromatic N) is 2. The van der Waals surface area contributed by atoms with Crippen molar-refractivity contribution >= 4 is 38.7 Å². The summed E-state index contributed by atoms with van der Waals surface area (Å²) in [7, 11) is 0. The highest BCUT2D eigenvalue weighted by Crippen LogP contribution is 2.42. The maximum Gasteiger partial charge on any atom is 0.324 e. The zero-order chi connectivity index (χ0) is 24.5. The number of carbonyl (C=O) groups excluding carboxylic acids is 1. The topological polar surface area (TPSA) is 94.4 Å². The number of hydrogen-bond donors (Lipinski definition) is 1. The summed E-state index contributed by atoms with van der Waals surface area (Å²) in [6, 6.07) is 18.5. The summed E-state index contributed by atoms with van der Waals surface area (Å²) in [5, 5.41) is 14.5. The summed E-state index contributed by atoms with van der Waals surface area (Å²) in [6.07, 6.45) is 0. The summed E-state index contributed by atoms with van der Waals surface area (Å²) in [5.41, 5.74) is 3.66. The van der Waals surface area contributed by atoms with Gasteiger partial charge in [0.15, 0.2) is 5.13 Å². The SMILES string of the molecule is Cc1ccccc1Oc1sc(NC(=O)c2ccc([N+](=O)[O-])s2)nc1-c1ccc(C(C)(C)C)cc1. The molecule has 0 atom stereocenters. The van der Waals surface area contributed by atoms with Gasteiger partial charge in [-0.1, -0.05) is 85.9 Å². The predicted molar refractivity (Wildman–Crippen MR) is 136 cm³/mol. The largest absolute Gasteiger partial charge is 0.444 e. The number of nitro groups is 1. The standard InChI is InChI=1S/C25H23N3O4S2/c1-15-7-5-6-8-18(15)32-23-21(16-9-11-17(12-10-16)25(2,3)4)26-24(34-23)27-22(29)19-13-14-20(33-19)28(30)31/h5-14H,1-4H3,(H,26,27,29). The normalized spacial score (nSPS) is 11.3. The van der Waals surface area contributed by atoms with Crippen molar-refractivity contribution in [3.8, 4) is 22.1 Å². The van der Waals surface area contributed by atoms with Gasteiger partial charge in [0.25, 0.3) is 5.91 Å². The molecular weight excluding hydrogens is 470 g/mol. The van der Waals surface area contributed by atoms with Crippen molar-refractivity contribution in [2.24, 2.45) is 0 Å². The second-order valence-electron chi connectivity index (χ2n) is 8.70. The Labute approximate surface area is 205 Å². The van der Waals surface area contributed by atoms with E-state index in [1.807, 2.05) is 43.3 Å². The lowest BCUT2D eigenvalue weighted by Gasteiger charge is -2.19. The minimum Gasteiger partial charge on any atom is -0.444 e. The van der Waals surface area contributed by atoms with Crippen LogP contribution in [0.1, 0.15) is 41.6 Å². The number of hydrogen-bond acceptors (Lipinski definition) is 7. The van der Waals surface area contributed by atoms with Crippen LogP contribution in [-0.2, 0) is 5.41 Å². The van der Waals surface area contributed by atoms with Gasteiger partial charge in [0.2, 0.25) is 5.06 Å². The van der Waals surface area contributed by atoms with E-state index >= 15 is 0 Å². The van der Waals surface area contributed by atoms with Gasteiger partial charge in [-0.15, -0.1) is 0 Å². The highest BCUT2D eigenvalue weighted by molar-refractivity contribution is 7.19. The zero-order valence-corrected chi connectivity index (χ0v) is 20.8. The molecule has 0 saturated carbocycles. The van der Waals surface area contributed by atoms with Crippen molar-refractivity contribution in [1.82, 2.24) is 4.98 Å². The molecule has 9 heteroatoms. The van der Waals surface area contributed by atoms with Gasteiger partial charge in [-0.25, -0.2) is 4.98 Å². The second kappa shape index (κ2) is 9.36. The van der Waals surface area contributed by atoms with Gasteiger partial charge in [-0.3, -0.25) is 20.2 Å². The maximum absolute atomic E-state index is 12.7. The fourth-order valence-corrected chi connectivity index (χ4v) is 4.78. The van der Waals surface area contributed by atoms with Crippen LogP contribution in [0.4, 0.5) is 10.1 Å². The van der Waals surface area contributed by atoms with Crippen molar-refractivity contribution in [3.05, 3.63) is 86.8 Å². The Morgan fingerprint density at radius 3 is 2.35 bits per heavy atom. The van der Waals surface area contributed by atoms with E-state index in [2.05, 4.69) is 43.2 Å². The van der Waals surface area contributed by atoms with Crippen LogP contribution in [0.25, 0.3) is 11.3 Å². The number of ether oxygens (including phenoxy) is 1. The number of nitrogens with one attached hydrogen (secondary N) is 1. The molecule has 0 saturated heterocycles. The Morgan fingerprint density at radius 2 is 1.74 bits per heavy atom. The third-order valence-electron chi connectivity index (χ3n) is 5.13. The van der Waals surface area contributed by atoms with Crippen LogP contribution in [-0.4, -0.2) is 15.8 Å². The zero-order valence-electron chi connectivity index (χ0n) is 19.1. The minimum absolute atomic E-state index is 0.0174. The van der Waals surface area contributed by atoms with Crippen molar-refractivity contribution in [1.29, 1.82) is 0 Å². The van der Waals surface area contributed by atoms with Crippen molar-refractivity contribution in [3.63, 3.8) is 0 Å². The lowest BCUT2D eigenvalue weighted by molar-refractivity contribution is -0.380. The molecule has 0 fully saturated rings. The van der Waals surface area contributed by atoms with E-state index in [0.29, 0.717) is 21.6 Å². The van der Waals surface area contributed by atoms with Gasteiger partial charge in [-0.2, -0.15) is 0 Å². The Morgan fingerprint density at radius 1 is 1.03 bits per heavy atom. The molecule has 2 aromatic carbocycles. The molecule has 0 aliphatic carbocycles. The number of aromatic nitrogens is 1. The lowest BCUT2D eigenvalue weighted by atomic mass is 9.86. The molecule has 4 rings (SSSR count). The van der Waals surface area contributed by atoms with Crippen LogP contribution in [0.3, 0.4) is 0 Å². The summed E-state index contributed by atoms with van der Waals surface area (Å²) >= 11 is 2.03. The Balaban J connectivity index is 1.68. The highest BCUT2D eigenvalue weighted by Gasteiger charge is 2.21. The van der Waals surface area contributed by atoms with Crippen LogP contribution in [0.2, 0.25) is 0 Å². The third-order valence-corrected chi connectivity index (χ3v) is 7.02. The summed E-state index contributed by atoms with van der Waals surface area (Å²) in [6.45, 7) is 8.42. The smallest absolute Gasteiger partial charge is 0.324 e. The van der Waals surface area contributed by atoms with E-state index < -0.39 is 10.8 Å². The first-order valence-electron chi connectivity index (χ1n) is 10.5. The fraction of sp³-hybridized carbons (Fsp3) is 0.200. The van der Waals surface area contributed by atoms with Crippen molar-refractivity contribution in [2.75, 3.05) is 5.32 Å². The first kappa shape index (κ1) is 23.6. The number of thiazole rings is 1. The van der Waals surface area contributed by atoms with Crippen molar-refractivity contribution < 1.29 is 14.5 Å². The van der Waals surface area contributed by atoms with Gasteiger partial charge >= 0.3 is 5.00 Å². The molecule has 1 N–H and O–H groups in total. The van der Waals surface area contributed by atoms with E-state index in [9.17, 15) is 14.9 Å². The fourth-order valence-electron chi connectivity index (χ4n) is 3.22. The molecule has 0 radical (unpaired) electrons. The number of benzene rings is 2. The molecule has 2 heterocycles. The number of rotatable bonds is 6. The van der Waals surface area contributed by atoms with Gasteiger partial charge in [0.05, 0.1) is 9.80 Å². The van der Waals surface area contributed by atoms with E-state index in [1.54, 1.807) is 0 Å². The number of carbonyl (C=O) groups is 1. The Kier molecular flexibility index (Phi) is 6.49. The average molecular weight is 494 g/mol.